The summed E-state index contributed by atoms with van der Waals surface area (Å²) in [6.07, 6.45) is -4.21. The van der Waals surface area contributed by atoms with E-state index in [1.54, 1.807) is 52.9 Å². The molecule has 0 radical (unpaired) electrons. The van der Waals surface area contributed by atoms with Gasteiger partial charge < -0.3 is 4.74 Å². The second-order valence-corrected chi connectivity index (χ2v) is 8.48. The predicted molar refractivity (Wildman–Crippen MR) is 117 cm³/mol. The summed E-state index contributed by atoms with van der Waals surface area (Å²) in [6.45, 7) is -0.256. The number of hydrogen-bond donors (Lipinski definition) is 0. The van der Waals surface area contributed by atoms with Crippen LogP contribution in [0.5, 0.6) is 5.75 Å². The van der Waals surface area contributed by atoms with Crippen LogP contribution in [0, 0.1) is 21.0 Å². The third kappa shape index (κ3) is 3.89. The number of halogens is 6. The average Bonchev–Trinajstić information content (AvgIpc) is 2.71. The molecule has 0 spiro atoms. The molecule has 1 atom stereocenters. The molecule has 1 amide bonds. The van der Waals surface area contributed by atoms with Crippen LogP contribution >= 0.6 is 31.8 Å². The molecule has 0 bridgehead atoms. The van der Waals surface area contributed by atoms with Gasteiger partial charge in [-0.1, -0.05) is 30.3 Å². The Morgan fingerprint density at radius 1 is 1.03 bits per heavy atom. The number of anilines is 1. The number of fused-ring (bicyclic) bond motifs is 1. The smallest absolute Gasteiger partial charge is 0.423 e. The van der Waals surface area contributed by atoms with Gasteiger partial charge in [-0.15, -0.1) is 9.24 Å². The van der Waals surface area contributed by atoms with Gasteiger partial charge in [0.25, 0.3) is 0 Å². The van der Waals surface area contributed by atoms with Crippen LogP contribution in [0.3, 0.4) is 0 Å². The van der Waals surface area contributed by atoms with Crippen LogP contribution in [0.4, 0.5) is 27.6 Å². The summed E-state index contributed by atoms with van der Waals surface area (Å²) in [5, 5.41) is 0.182. The Morgan fingerprint density at radius 2 is 1.71 bits per heavy atom. The Bertz CT molecular complexity index is 1180. The highest BCUT2D eigenvalue weighted by Gasteiger charge is 2.51. The van der Waals surface area contributed by atoms with Crippen molar-refractivity contribution in [3.8, 4) is 16.9 Å². The molecule has 0 saturated heterocycles. The fourth-order valence-electron chi connectivity index (χ4n) is 3.27. The third-order valence-electron chi connectivity index (χ3n) is 4.73. The first kappa shape index (κ1) is 22.0. The van der Waals surface area contributed by atoms with Gasteiger partial charge in [-0.2, -0.15) is 8.78 Å². The zero-order chi connectivity index (χ0) is 22.5. The molecule has 1 aliphatic rings. The molecule has 1 aliphatic heterocycles. The van der Waals surface area contributed by atoms with Gasteiger partial charge in [-0.05, 0) is 45.6 Å². The maximum Gasteiger partial charge on any atom is 0.482 e. The van der Waals surface area contributed by atoms with Crippen molar-refractivity contribution in [1.29, 1.82) is 0 Å². The van der Waals surface area contributed by atoms with Crippen molar-refractivity contribution in [2.75, 3.05) is 4.90 Å². The number of nitrogens with zero attached hydrogens (tertiary/aromatic N) is 1. The van der Waals surface area contributed by atoms with E-state index in [1.807, 2.05) is 0 Å². The van der Waals surface area contributed by atoms with E-state index in [0.717, 1.165) is 17.0 Å². The fraction of sp³-hybridized carbons (Fsp3) is 0.0952. The average molecular weight is 563 g/mol. The van der Waals surface area contributed by atoms with Crippen molar-refractivity contribution in [2.45, 2.75) is 12.7 Å². The van der Waals surface area contributed by atoms with E-state index < -0.39 is 40.8 Å². The number of benzene rings is 3. The number of carbonyl (C=O) groups excluding carboxylic acids is 1. The third-order valence-corrected chi connectivity index (χ3v) is 6.81. The Morgan fingerprint density at radius 3 is 2.39 bits per heavy atom. The summed E-state index contributed by atoms with van der Waals surface area (Å²) >= 11 is 1.76. The summed E-state index contributed by atoms with van der Waals surface area (Å²) in [4.78, 5) is 13.1. The van der Waals surface area contributed by atoms with Crippen LogP contribution in [0.1, 0.15) is 5.56 Å². The normalized spacial score (nSPS) is 14.9. The van der Waals surface area contributed by atoms with Crippen LogP contribution in [0.15, 0.2) is 48.5 Å². The molecule has 0 N–H and O–H groups in total. The molecule has 160 valence electrons. The molecule has 3 aromatic rings. The summed E-state index contributed by atoms with van der Waals surface area (Å²) in [5.74, 6) is -5.83. The maximum absolute atomic E-state index is 14.9. The second-order valence-electron chi connectivity index (χ2n) is 6.74. The molecule has 3 aromatic carbocycles. The van der Waals surface area contributed by atoms with Crippen LogP contribution in [0.25, 0.3) is 11.1 Å². The van der Waals surface area contributed by atoms with Gasteiger partial charge in [0.15, 0.2) is 17.4 Å². The van der Waals surface area contributed by atoms with Crippen LogP contribution in [-0.2, 0) is 11.3 Å². The van der Waals surface area contributed by atoms with E-state index in [9.17, 15) is 26.7 Å². The molecular formula is C21H12F5INO2P. The van der Waals surface area contributed by atoms with Crippen molar-refractivity contribution in [3.63, 3.8) is 0 Å². The van der Waals surface area contributed by atoms with Crippen molar-refractivity contribution >= 4 is 48.7 Å². The number of carbonyl (C=O) groups is 1. The first-order valence-electron chi connectivity index (χ1n) is 8.79. The Hall–Kier alpha value is -2.26. The summed E-state index contributed by atoms with van der Waals surface area (Å²) < 4.78 is 76.6. The standard InChI is InChI=1S/C21H12F5INO2P/c22-12-8-16-15(6-11(12)17-18(24)13(23)7-14(27)19(17)31)28(20(29)21(25,26)30-16)9-10-4-2-1-3-5-10/h1-8H,9,31H2. The molecule has 0 aromatic heterocycles. The largest absolute Gasteiger partial charge is 0.482 e. The highest BCUT2D eigenvalue weighted by molar-refractivity contribution is 14.1. The lowest BCUT2D eigenvalue weighted by Gasteiger charge is -2.34. The Kier molecular flexibility index (Phi) is 5.68. The zero-order valence-electron chi connectivity index (χ0n) is 15.4. The number of ether oxygens (including phenoxy) is 1. The minimum absolute atomic E-state index is 0.181. The maximum atomic E-state index is 14.9. The minimum Gasteiger partial charge on any atom is -0.423 e. The lowest BCUT2D eigenvalue weighted by Crippen LogP contribution is -2.50. The van der Waals surface area contributed by atoms with Crippen molar-refractivity contribution < 1.29 is 31.5 Å². The zero-order valence-corrected chi connectivity index (χ0v) is 18.7. The molecule has 0 fully saturated rings. The number of amides is 1. The van der Waals surface area contributed by atoms with Gasteiger partial charge in [0.05, 0.1) is 12.2 Å². The lowest BCUT2D eigenvalue weighted by molar-refractivity contribution is -0.193. The SMILES string of the molecule is O=C1N(Cc2ccccc2)c2cc(-c3c(F)c(F)cc(I)c3P)c(F)cc2OC1(F)F. The molecule has 1 heterocycles. The minimum atomic E-state index is -4.21. The number of hydrogen-bond acceptors (Lipinski definition) is 2. The van der Waals surface area contributed by atoms with Gasteiger partial charge in [-0.3, -0.25) is 9.69 Å². The molecular weight excluding hydrogens is 551 g/mol. The predicted octanol–water partition coefficient (Wildman–Crippen LogP) is 5.39. The highest BCUT2D eigenvalue weighted by Crippen LogP contribution is 2.44. The molecule has 1 unspecified atom stereocenters. The fourth-order valence-corrected chi connectivity index (χ4v) is 4.18. The first-order valence-corrected chi connectivity index (χ1v) is 10.5. The van der Waals surface area contributed by atoms with Gasteiger partial charge in [0.1, 0.15) is 5.82 Å². The van der Waals surface area contributed by atoms with Gasteiger partial charge >= 0.3 is 12.0 Å². The Labute approximate surface area is 189 Å². The first-order chi connectivity index (χ1) is 14.6. The summed E-state index contributed by atoms with van der Waals surface area (Å²) in [7, 11) is 2.21. The topological polar surface area (TPSA) is 29.5 Å². The van der Waals surface area contributed by atoms with E-state index >= 15 is 0 Å². The van der Waals surface area contributed by atoms with Crippen molar-refractivity contribution in [1.82, 2.24) is 0 Å². The summed E-state index contributed by atoms with van der Waals surface area (Å²) in [5.41, 5.74) is -0.430. The Balaban J connectivity index is 1.92. The summed E-state index contributed by atoms with van der Waals surface area (Å²) in [6, 6.07) is 10.9. The molecule has 10 heteroatoms. The van der Waals surface area contributed by atoms with Crippen LogP contribution < -0.4 is 14.9 Å². The van der Waals surface area contributed by atoms with E-state index in [1.165, 1.54) is 0 Å². The van der Waals surface area contributed by atoms with Gasteiger partial charge in [0.2, 0.25) is 0 Å². The van der Waals surface area contributed by atoms with Crippen LogP contribution in [-0.4, -0.2) is 12.0 Å². The quantitative estimate of drug-likeness (QED) is 0.185. The molecule has 0 aliphatic carbocycles. The van der Waals surface area contributed by atoms with E-state index in [2.05, 4.69) is 14.0 Å². The lowest BCUT2D eigenvalue weighted by atomic mass is 10.0. The number of alkyl halides is 2. The highest BCUT2D eigenvalue weighted by atomic mass is 127. The monoisotopic (exact) mass is 563 g/mol. The molecule has 0 saturated carbocycles. The second kappa shape index (κ2) is 8.02. The van der Waals surface area contributed by atoms with Gasteiger partial charge in [0, 0.05) is 20.8 Å². The van der Waals surface area contributed by atoms with Gasteiger partial charge in [-0.25, -0.2) is 13.2 Å². The molecule has 4 rings (SSSR count). The van der Waals surface area contributed by atoms with Crippen molar-refractivity contribution in [2.24, 2.45) is 0 Å². The molecule has 31 heavy (non-hydrogen) atoms. The molecule has 3 nitrogen and oxygen atoms in total. The van der Waals surface area contributed by atoms with Crippen LogP contribution in [0.2, 0.25) is 0 Å². The van der Waals surface area contributed by atoms with E-state index in [-0.39, 0.29) is 23.1 Å². The number of rotatable bonds is 3. The van der Waals surface area contributed by atoms with E-state index in [4.69, 9.17) is 0 Å². The van der Waals surface area contributed by atoms with E-state index in [0.29, 0.717) is 15.2 Å². The van der Waals surface area contributed by atoms with Crippen molar-refractivity contribution in [3.05, 3.63) is 75.1 Å².